The van der Waals surface area contributed by atoms with Crippen LogP contribution in [0.25, 0.3) is 10.2 Å². The molecule has 0 aliphatic carbocycles. The van der Waals surface area contributed by atoms with Crippen LogP contribution in [0.4, 0.5) is 26.3 Å². The lowest BCUT2D eigenvalue weighted by Crippen LogP contribution is -2.49. The maximum absolute atomic E-state index is 13.5. The van der Waals surface area contributed by atoms with Crippen molar-refractivity contribution in [3.05, 3.63) is 29.3 Å². The molecule has 0 amide bonds. The first-order valence-corrected chi connectivity index (χ1v) is 5.95. The summed E-state index contributed by atoms with van der Waals surface area (Å²) in [5.74, 6) is -10.9. The Labute approximate surface area is 111 Å². The second-order valence-electron chi connectivity index (χ2n) is 3.63. The van der Waals surface area contributed by atoms with E-state index in [-0.39, 0.29) is 21.6 Å². The molecular weight excluding hydrogens is 316 g/mol. The molecule has 0 fully saturated rings. The Hall–Kier alpha value is -1.02. The Morgan fingerprint density at radius 3 is 2.11 bits per heavy atom. The van der Waals surface area contributed by atoms with Gasteiger partial charge in [-0.05, 0) is 23.7 Å². The molecule has 1 nitrogen and oxygen atoms in total. The number of benzene rings is 1. The standard InChI is InChI=1S/C10H4ClF6NS/c11-10(16,17)9(14,15)8(12,13)7-18-5-3-1-2-4-6(5)19-7/h1-4H. The minimum atomic E-state index is -5.74. The third kappa shape index (κ3) is 2.16. The molecule has 0 spiro atoms. The summed E-state index contributed by atoms with van der Waals surface area (Å²) in [6, 6.07) is 5.61. The zero-order valence-electron chi connectivity index (χ0n) is 8.81. The lowest BCUT2D eigenvalue weighted by molar-refractivity contribution is -0.286. The zero-order valence-corrected chi connectivity index (χ0v) is 10.4. The molecule has 104 valence electrons. The molecule has 0 unspecified atom stereocenters. The Morgan fingerprint density at radius 2 is 1.58 bits per heavy atom. The smallest absolute Gasteiger partial charge is 0.235 e. The minimum absolute atomic E-state index is 0.0239. The highest BCUT2D eigenvalue weighted by molar-refractivity contribution is 7.18. The van der Waals surface area contributed by atoms with Gasteiger partial charge in [0.25, 0.3) is 0 Å². The summed E-state index contributed by atoms with van der Waals surface area (Å²) < 4.78 is 78.2. The van der Waals surface area contributed by atoms with Gasteiger partial charge < -0.3 is 0 Å². The van der Waals surface area contributed by atoms with E-state index in [0.29, 0.717) is 0 Å². The summed E-state index contributed by atoms with van der Waals surface area (Å²) in [5, 5.41) is -6.78. The van der Waals surface area contributed by atoms with E-state index in [9.17, 15) is 26.3 Å². The van der Waals surface area contributed by atoms with Crippen LogP contribution in [0, 0.1) is 0 Å². The summed E-state index contributed by atoms with van der Waals surface area (Å²) in [6.07, 6.45) is 0. The van der Waals surface area contributed by atoms with Crippen molar-refractivity contribution in [1.29, 1.82) is 0 Å². The highest BCUT2D eigenvalue weighted by Crippen LogP contribution is 2.53. The molecule has 0 radical (unpaired) electrons. The largest absolute Gasteiger partial charge is 0.393 e. The highest BCUT2D eigenvalue weighted by Gasteiger charge is 2.73. The third-order valence-electron chi connectivity index (χ3n) is 2.31. The molecule has 0 N–H and O–H groups in total. The van der Waals surface area contributed by atoms with E-state index < -0.39 is 22.2 Å². The number of aromatic nitrogens is 1. The van der Waals surface area contributed by atoms with E-state index in [4.69, 9.17) is 0 Å². The van der Waals surface area contributed by atoms with Gasteiger partial charge in [0.05, 0.1) is 10.2 Å². The summed E-state index contributed by atoms with van der Waals surface area (Å²) in [4.78, 5) is 3.26. The Bertz CT molecular complexity index is 572. The monoisotopic (exact) mass is 319 g/mol. The second kappa shape index (κ2) is 4.24. The normalized spacial score (nSPS) is 14.1. The van der Waals surface area contributed by atoms with Crippen LogP contribution in [0.5, 0.6) is 0 Å². The van der Waals surface area contributed by atoms with Crippen molar-refractivity contribution in [3.8, 4) is 0 Å². The van der Waals surface area contributed by atoms with E-state index in [0.717, 1.165) is 0 Å². The second-order valence-corrected chi connectivity index (χ2v) is 5.14. The van der Waals surface area contributed by atoms with Crippen molar-refractivity contribution >= 4 is 33.2 Å². The van der Waals surface area contributed by atoms with E-state index in [1.807, 2.05) is 0 Å². The zero-order chi connectivity index (χ0) is 14.5. The summed E-state index contributed by atoms with van der Waals surface area (Å²) >= 11 is 4.29. The predicted octanol–water partition coefficient (Wildman–Crippen LogP) is 4.86. The van der Waals surface area contributed by atoms with Crippen molar-refractivity contribution in [3.63, 3.8) is 0 Å². The molecule has 0 saturated heterocycles. The molecule has 19 heavy (non-hydrogen) atoms. The van der Waals surface area contributed by atoms with Crippen LogP contribution in [-0.4, -0.2) is 16.3 Å². The first-order chi connectivity index (χ1) is 8.57. The number of rotatable bonds is 3. The van der Waals surface area contributed by atoms with Crippen molar-refractivity contribution < 1.29 is 26.3 Å². The summed E-state index contributed by atoms with van der Waals surface area (Å²) in [6.45, 7) is 0. The lowest BCUT2D eigenvalue weighted by Gasteiger charge is -2.27. The fourth-order valence-corrected chi connectivity index (χ4v) is 2.41. The van der Waals surface area contributed by atoms with E-state index in [2.05, 4.69) is 16.6 Å². The molecule has 1 aromatic heterocycles. The molecule has 0 saturated carbocycles. The van der Waals surface area contributed by atoms with E-state index in [1.54, 1.807) is 0 Å². The SMILES string of the molecule is FC(F)(Cl)C(F)(F)C(F)(F)c1nc2ccccc2s1. The fourth-order valence-electron chi connectivity index (χ4n) is 1.32. The van der Waals surface area contributed by atoms with Crippen LogP contribution in [0.3, 0.4) is 0 Å². The average molecular weight is 320 g/mol. The van der Waals surface area contributed by atoms with Gasteiger partial charge in [0.2, 0.25) is 0 Å². The van der Waals surface area contributed by atoms with Crippen LogP contribution >= 0.6 is 22.9 Å². The summed E-state index contributed by atoms with van der Waals surface area (Å²) in [7, 11) is 0. The maximum atomic E-state index is 13.5. The van der Waals surface area contributed by atoms with Crippen molar-refractivity contribution in [2.45, 2.75) is 17.2 Å². The van der Waals surface area contributed by atoms with Gasteiger partial charge in [-0.25, -0.2) is 4.98 Å². The number of thiazole rings is 1. The first kappa shape index (κ1) is 14.4. The molecule has 0 aliphatic rings. The fraction of sp³-hybridized carbons (Fsp3) is 0.300. The average Bonchev–Trinajstić information content (AvgIpc) is 2.71. The topological polar surface area (TPSA) is 12.9 Å². The van der Waals surface area contributed by atoms with Crippen LogP contribution in [0.1, 0.15) is 5.01 Å². The molecule has 0 atom stereocenters. The number of nitrogens with zero attached hydrogens (tertiary/aromatic N) is 1. The van der Waals surface area contributed by atoms with Gasteiger partial charge in [0, 0.05) is 0 Å². The number of halogens is 7. The van der Waals surface area contributed by atoms with Gasteiger partial charge in [-0.1, -0.05) is 12.1 Å². The first-order valence-electron chi connectivity index (χ1n) is 4.76. The molecule has 1 aromatic carbocycles. The number of para-hydroxylation sites is 1. The number of fused-ring (bicyclic) bond motifs is 1. The number of hydrogen-bond donors (Lipinski definition) is 0. The van der Waals surface area contributed by atoms with Crippen molar-refractivity contribution in [2.24, 2.45) is 0 Å². The Kier molecular flexibility index (Phi) is 3.21. The van der Waals surface area contributed by atoms with Crippen LogP contribution < -0.4 is 0 Å². The van der Waals surface area contributed by atoms with Crippen LogP contribution in [-0.2, 0) is 5.92 Å². The van der Waals surface area contributed by atoms with Gasteiger partial charge in [0.15, 0.2) is 5.01 Å². The quantitative estimate of drug-likeness (QED) is 0.582. The number of alkyl halides is 7. The van der Waals surface area contributed by atoms with Gasteiger partial charge in [-0.2, -0.15) is 26.3 Å². The van der Waals surface area contributed by atoms with E-state index in [1.165, 1.54) is 24.3 Å². The van der Waals surface area contributed by atoms with Crippen molar-refractivity contribution in [1.82, 2.24) is 4.98 Å². The Morgan fingerprint density at radius 1 is 1.00 bits per heavy atom. The predicted molar refractivity (Wildman–Crippen MR) is 59.3 cm³/mol. The molecule has 0 bridgehead atoms. The van der Waals surface area contributed by atoms with Gasteiger partial charge >= 0.3 is 17.2 Å². The van der Waals surface area contributed by atoms with Crippen molar-refractivity contribution in [2.75, 3.05) is 0 Å². The molecule has 2 aromatic rings. The van der Waals surface area contributed by atoms with Gasteiger partial charge in [-0.15, -0.1) is 11.3 Å². The molecule has 2 rings (SSSR count). The third-order valence-corrected chi connectivity index (χ3v) is 3.66. The van der Waals surface area contributed by atoms with Gasteiger partial charge in [-0.3, -0.25) is 0 Å². The van der Waals surface area contributed by atoms with E-state index >= 15 is 0 Å². The van der Waals surface area contributed by atoms with Gasteiger partial charge in [0.1, 0.15) is 0 Å². The maximum Gasteiger partial charge on any atom is 0.393 e. The summed E-state index contributed by atoms with van der Waals surface area (Å²) in [5.41, 5.74) is 0.0239. The number of hydrogen-bond acceptors (Lipinski definition) is 2. The van der Waals surface area contributed by atoms with Crippen LogP contribution in [0.15, 0.2) is 24.3 Å². The van der Waals surface area contributed by atoms with Crippen LogP contribution in [0.2, 0.25) is 0 Å². The molecule has 0 aliphatic heterocycles. The molecule has 1 heterocycles. The Balaban J connectivity index is 2.55. The molecule has 9 heteroatoms. The highest BCUT2D eigenvalue weighted by atomic mass is 35.5. The lowest BCUT2D eigenvalue weighted by atomic mass is 10.2. The molecular formula is C10H4ClF6NS. The minimum Gasteiger partial charge on any atom is -0.235 e.